The normalized spacial score (nSPS) is 15.0. The van der Waals surface area contributed by atoms with Gasteiger partial charge in [0.25, 0.3) is 0 Å². The molecule has 0 amide bonds. The third kappa shape index (κ3) is 4.12. The lowest BCUT2D eigenvalue weighted by molar-refractivity contribution is 0.326. The summed E-state index contributed by atoms with van der Waals surface area (Å²) in [5, 5.41) is 18.4. The number of hydrogen-bond acceptors (Lipinski definition) is 3. The summed E-state index contributed by atoms with van der Waals surface area (Å²) in [4.78, 5) is 2.30. The lowest BCUT2D eigenvalue weighted by Gasteiger charge is -2.31. The molecule has 1 saturated heterocycles. The Morgan fingerprint density at radius 1 is 1.00 bits per heavy atom. The van der Waals surface area contributed by atoms with Crippen LogP contribution in [0, 0.1) is 22.7 Å². The molecule has 1 aromatic rings. The van der Waals surface area contributed by atoms with E-state index in [0.717, 1.165) is 37.2 Å². The zero-order valence-corrected chi connectivity index (χ0v) is 12.5. The second-order valence-electron chi connectivity index (χ2n) is 4.91. The molecule has 1 fully saturated rings. The molecule has 0 aromatic heterocycles. The van der Waals surface area contributed by atoms with Crippen LogP contribution in [-0.4, -0.2) is 18.0 Å². The minimum Gasteiger partial charge on any atom is -0.371 e. The van der Waals surface area contributed by atoms with Crippen molar-refractivity contribution >= 4 is 17.3 Å². The topological polar surface area (TPSA) is 50.8 Å². The van der Waals surface area contributed by atoms with Gasteiger partial charge in [0.15, 0.2) is 0 Å². The first-order valence-corrected chi connectivity index (χ1v) is 7.35. The average Bonchev–Trinajstić information content (AvgIpc) is 2.54. The highest BCUT2D eigenvalue weighted by Crippen LogP contribution is 2.25. The van der Waals surface area contributed by atoms with Gasteiger partial charge in [0.1, 0.15) is 17.7 Å². The Morgan fingerprint density at radius 2 is 1.62 bits per heavy atom. The maximum atomic E-state index is 8.86. The highest BCUT2D eigenvalue weighted by atomic mass is 35.5. The van der Waals surface area contributed by atoms with Gasteiger partial charge in [-0.15, -0.1) is 0 Å². The molecule has 0 saturated carbocycles. The lowest BCUT2D eigenvalue weighted by atomic mass is 10.1. The number of piperidine rings is 1. The predicted octanol–water partition coefficient (Wildman–Crippen LogP) is 4.14. The molecule has 0 radical (unpaired) electrons. The average molecular weight is 298 g/mol. The molecule has 1 aromatic carbocycles. The van der Waals surface area contributed by atoms with Crippen molar-refractivity contribution < 1.29 is 0 Å². The Morgan fingerprint density at radius 3 is 2.19 bits per heavy atom. The van der Waals surface area contributed by atoms with Gasteiger partial charge in [-0.3, -0.25) is 0 Å². The van der Waals surface area contributed by atoms with Crippen LogP contribution in [0.3, 0.4) is 0 Å². The minimum atomic E-state index is 0.110. The van der Waals surface area contributed by atoms with Crippen LogP contribution >= 0.6 is 11.6 Å². The van der Waals surface area contributed by atoms with Crippen LogP contribution < -0.4 is 0 Å². The molecular formula is C17H16ClN3. The van der Waals surface area contributed by atoms with Gasteiger partial charge in [0, 0.05) is 23.8 Å². The molecule has 0 bridgehead atoms. The van der Waals surface area contributed by atoms with E-state index in [2.05, 4.69) is 4.90 Å². The van der Waals surface area contributed by atoms with Crippen LogP contribution in [-0.2, 0) is 0 Å². The molecule has 0 unspecified atom stereocenters. The van der Waals surface area contributed by atoms with Crippen molar-refractivity contribution in [2.75, 3.05) is 13.1 Å². The lowest BCUT2D eigenvalue weighted by Crippen LogP contribution is -2.28. The predicted molar refractivity (Wildman–Crippen MR) is 84.2 cm³/mol. The number of halogens is 1. The fraction of sp³-hybridized carbons (Fsp3) is 0.294. The number of nitriles is 2. The summed E-state index contributed by atoms with van der Waals surface area (Å²) in [6.45, 7) is 1.99. The smallest absolute Gasteiger partial charge is 0.129 e. The van der Waals surface area contributed by atoms with E-state index in [-0.39, 0.29) is 5.57 Å². The summed E-state index contributed by atoms with van der Waals surface area (Å²) in [5.74, 6) is 0. The summed E-state index contributed by atoms with van der Waals surface area (Å²) >= 11 is 5.94. The number of benzene rings is 1. The number of rotatable bonds is 3. The highest BCUT2D eigenvalue weighted by Gasteiger charge is 2.14. The summed E-state index contributed by atoms with van der Waals surface area (Å²) in [5.41, 5.74) is 2.20. The van der Waals surface area contributed by atoms with Crippen molar-refractivity contribution in [3.8, 4) is 12.1 Å². The number of likely N-dealkylation sites (tertiary alicyclic amines) is 1. The molecule has 1 aliphatic heterocycles. The van der Waals surface area contributed by atoms with Crippen LogP contribution in [0.5, 0.6) is 0 Å². The van der Waals surface area contributed by atoms with Crippen molar-refractivity contribution in [3.05, 3.63) is 52.6 Å². The van der Waals surface area contributed by atoms with E-state index >= 15 is 0 Å². The maximum absolute atomic E-state index is 8.86. The molecule has 4 heteroatoms. The molecule has 3 nitrogen and oxygen atoms in total. The Kier molecular flexibility index (Phi) is 5.43. The summed E-state index contributed by atoms with van der Waals surface area (Å²) in [7, 11) is 0. The van der Waals surface area contributed by atoms with Crippen molar-refractivity contribution in [1.82, 2.24) is 4.90 Å². The largest absolute Gasteiger partial charge is 0.371 e. The maximum Gasteiger partial charge on any atom is 0.129 e. The quantitative estimate of drug-likeness (QED) is 0.622. The van der Waals surface area contributed by atoms with Crippen LogP contribution in [0.25, 0.3) is 5.70 Å². The molecule has 0 spiro atoms. The third-order valence-corrected chi connectivity index (χ3v) is 3.74. The minimum absolute atomic E-state index is 0.110. The van der Waals surface area contributed by atoms with Crippen molar-refractivity contribution in [2.45, 2.75) is 19.3 Å². The summed E-state index contributed by atoms with van der Waals surface area (Å²) in [6, 6.07) is 11.4. The highest BCUT2D eigenvalue weighted by molar-refractivity contribution is 6.30. The van der Waals surface area contributed by atoms with E-state index in [0.29, 0.717) is 5.02 Å². The van der Waals surface area contributed by atoms with E-state index < -0.39 is 0 Å². The molecule has 106 valence electrons. The van der Waals surface area contributed by atoms with Gasteiger partial charge in [-0.25, -0.2) is 0 Å². The fourth-order valence-electron chi connectivity index (χ4n) is 2.40. The Balaban J connectivity index is 2.37. The van der Waals surface area contributed by atoms with E-state index in [9.17, 15) is 0 Å². The standard InChI is InChI=1S/C17H16ClN3/c18-16-7-5-15(6-8-16)17(9-4-14(12-19)13-20)21-10-2-1-3-11-21/h4-9H,1-3,10-11H2. The van der Waals surface area contributed by atoms with Gasteiger partial charge < -0.3 is 4.90 Å². The first-order chi connectivity index (χ1) is 10.2. The van der Waals surface area contributed by atoms with Crippen LogP contribution in [0.1, 0.15) is 24.8 Å². The molecule has 21 heavy (non-hydrogen) atoms. The van der Waals surface area contributed by atoms with Gasteiger partial charge in [-0.1, -0.05) is 23.7 Å². The molecule has 0 atom stereocenters. The molecular weight excluding hydrogens is 282 g/mol. The molecule has 0 N–H and O–H groups in total. The first-order valence-electron chi connectivity index (χ1n) is 6.97. The molecule has 0 aliphatic carbocycles. The monoisotopic (exact) mass is 297 g/mol. The van der Waals surface area contributed by atoms with Gasteiger partial charge in [0.2, 0.25) is 0 Å². The first kappa shape index (κ1) is 15.2. The van der Waals surface area contributed by atoms with Crippen molar-refractivity contribution in [1.29, 1.82) is 10.5 Å². The number of allylic oxidation sites excluding steroid dienone is 3. The van der Waals surface area contributed by atoms with E-state index in [4.69, 9.17) is 22.1 Å². The second kappa shape index (κ2) is 7.53. The Labute approximate surface area is 130 Å². The van der Waals surface area contributed by atoms with Gasteiger partial charge in [0.05, 0.1) is 0 Å². The molecule has 1 aliphatic rings. The van der Waals surface area contributed by atoms with Crippen molar-refractivity contribution in [3.63, 3.8) is 0 Å². The SMILES string of the molecule is N#CC(C#N)=CC=C(c1ccc(Cl)cc1)N1CCCCC1. The fourth-order valence-corrected chi connectivity index (χ4v) is 2.53. The van der Waals surface area contributed by atoms with E-state index in [1.807, 2.05) is 42.5 Å². The Bertz CT molecular complexity index is 607. The Hall–Kier alpha value is -2.23. The van der Waals surface area contributed by atoms with Gasteiger partial charge in [-0.05, 0) is 49.1 Å². The van der Waals surface area contributed by atoms with Gasteiger partial charge >= 0.3 is 0 Å². The van der Waals surface area contributed by atoms with Crippen molar-refractivity contribution in [2.24, 2.45) is 0 Å². The van der Waals surface area contributed by atoms with Crippen LogP contribution in [0.2, 0.25) is 5.02 Å². The zero-order valence-electron chi connectivity index (χ0n) is 11.7. The van der Waals surface area contributed by atoms with Crippen LogP contribution in [0.4, 0.5) is 0 Å². The summed E-state index contributed by atoms with van der Waals surface area (Å²) < 4.78 is 0. The molecule has 1 heterocycles. The number of hydrogen-bond donors (Lipinski definition) is 0. The van der Waals surface area contributed by atoms with E-state index in [1.54, 1.807) is 6.08 Å². The van der Waals surface area contributed by atoms with E-state index in [1.165, 1.54) is 6.42 Å². The number of nitrogens with zero attached hydrogens (tertiary/aromatic N) is 3. The second-order valence-corrected chi connectivity index (χ2v) is 5.35. The van der Waals surface area contributed by atoms with Crippen LogP contribution in [0.15, 0.2) is 42.0 Å². The molecule has 2 rings (SSSR count). The zero-order chi connectivity index (χ0) is 15.1. The van der Waals surface area contributed by atoms with Gasteiger partial charge in [-0.2, -0.15) is 10.5 Å². The third-order valence-electron chi connectivity index (χ3n) is 3.49. The summed E-state index contributed by atoms with van der Waals surface area (Å²) in [6.07, 6.45) is 7.02.